The molecule has 0 saturated carbocycles. The van der Waals surface area contributed by atoms with Crippen molar-refractivity contribution < 1.29 is 9.47 Å². The van der Waals surface area contributed by atoms with E-state index in [1.165, 1.54) is 0 Å². The minimum atomic E-state index is 0.574. The van der Waals surface area contributed by atoms with Gasteiger partial charge in [0.2, 0.25) is 0 Å². The predicted molar refractivity (Wildman–Crippen MR) is 86.1 cm³/mol. The summed E-state index contributed by atoms with van der Waals surface area (Å²) in [6.45, 7) is 2.01. The maximum atomic E-state index is 5.73. The molecule has 0 saturated heterocycles. The molecule has 2 rings (SSSR count). The number of hydrogen-bond acceptors (Lipinski definition) is 4. The third-order valence-corrected chi connectivity index (χ3v) is 3.37. The summed E-state index contributed by atoms with van der Waals surface area (Å²) in [7, 11) is 3.70. The first kappa shape index (κ1) is 15.2. The van der Waals surface area contributed by atoms with Gasteiger partial charge in [-0.25, -0.2) is 0 Å². The van der Waals surface area contributed by atoms with Crippen LogP contribution >= 0.6 is 0 Å². The molecule has 0 bridgehead atoms. The molecule has 2 N–H and O–H groups in total. The molecule has 0 heterocycles. The van der Waals surface area contributed by atoms with Crippen LogP contribution in [0.1, 0.15) is 5.56 Å². The molecule has 0 atom stereocenters. The van der Waals surface area contributed by atoms with Crippen molar-refractivity contribution in [3.05, 3.63) is 54.1 Å². The minimum absolute atomic E-state index is 0.574. The van der Waals surface area contributed by atoms with E-state index in [0.717, 1.165) is 29.3 Å². The van der Waals surface area contributed by atoms with Crippen LogP contribution in [0.15, 0.2) is 48.5 Å². The van der Waals surface area contributed by atoms with Crippen LogP contribution in [0.3, 0.4) is 0 Å². The molecule has 0 aliphatic carbocycles. The number of nitrogens with zero attached hydrogens (tertiary/aromatic N) is 1. The predicted octanol–water partition coefficient (Wildman–Crippen LogP) is 2.67. The van der Waals surface area contributed by atoms with E-state index in [1.54, 1.807) is 7.11 Å². The van der Waals surface area contributed by atoms with Gasteiger partial charge in [0.05, 0.1) is 13.7 Å². The zero-order valence-corrected chi connectivity index (χ0v) is 12.6. The van der Waals surface area contributed by atoms with E-state index in [-0.39, 0.29) is 0 Å². The van der Waals surface area contributed by atoms with Gasteiger partial charge in [0, 0.05) is 19.3 Å². The first-order valence-corrected chi connectivity index (χ1v) is 7.00. The van der Waals surface area contributed by atoms with Crippen molar-refractivity contribution in [2.75, 3.05) is 32.2 Å². The quantitative estimate of drug-likeness (QED) is 0.850. The summed E-state index contributed by atoms with van der Waals surface area (Å²) >= 11 is 0. The number of nitrogens with two attached hydrogens (primary N) is 1. The molecular weight excluding hydrogens is 264 g/mol. The lowest BCUT2D eigenvalue weighted by molar-refractivity contribution is 0.325. The van der Waals surface area contributed by atoms with Gasteiger partial charge in [0.15, 0.2) is 0 Å². The zero-order valence-electron chi connectivity index (χ0n) is 12.6. The van der Waals surface area contributed by atoms with Crippen molar-refractivity contribution in [3.8, 4) is 11.5 Å². The Bertz CT molecular complexity index is 538. The van der Waals surface area contributed by atoms with Crippen molar-refractivity contribution in [2.24, 2.45) is 5.73 Å². The van der Waals surface area contributed by atoms with Gasteiger partial charge in [0.25, 0.3) is 0 Å². The average molecular weight is 286 g/mol. The molecule has 0 aliphatic heterocycles. The molecule has 21 heavy (non-hydrogen) atoms. The smallest absolute Gasteiger partial charge is 0.119 e. The van der Waals surface area contributed by atoms with Gasteiger partial charge in [-0.05, 0) is 42.0 Å². The van der Waals surface area contributed by atoms with Crippen molar-refractivity contribution in [1.82, 2.24) is 0 Å². The third-order valence-electron chi connectivity index (χ3n) is 3.37. The van der Waals surface area contributed by atoms with Crippen LogP contribution in [0.4, 0.5) is 5.69 Å². The van der Waals surface area contributed by atoms with E-state index in [2.05, 4.69) is 36.2 Å². The highest BCUT2D eigenvalue weighted by atomic mass is 16.5. The maximum absolute atomic E-state index is 5.73. The van der Waals surface area contributed by atoms with Gasteiger partial charge >= 0.3 is 0 Å². The molecule has 0 aliphatic rings. The Hall–Kier alpha value is -2.20. The molecule has 4 nitrogen and oxygen atoms in total. The van der Waals surface area contributed by atoms with Crippen molar-refractivity contribution in [1.29, 1.82) is 0 Å². The van der Waals surface area contributed by atoms with E-state index in [4.69, 9.17) is 15.2 Å². The standard InChI is InChI=1S/C17H22N2O2/c1-19(15-5-3-14(13-18)4-6-15)11-12-21-17-9-7-16(20-2)8-10-17/h3-10H,11-13,18H2,1-2H3. The Balaban J connectivity index is 1.81. The summed E-state index contributed by atoms with van der Waals surface area (Å²) in [6.07, 6.45) is 0. The SMILES string of the molecule is COc1ccc(OCCN(C)c2ccc(CN)cc2)cc1. The molecule has 2 aromatic carbocycles. The highest BCUT2D eigenvalue weighted by molar-refractivity contribution is 5.46. The maximum Gasteiger partial charge on any atom is 0.119 e. The number of benzene rings is 2. The Morgan fingerprint density at radius 3 is 2.14 bits per heavy atom. The summed E-state index contributed by atoms with van der Waals surface area (Å²) in [5.41, 5.74) is 7.90. The van der Waals surface area contributed by atoms with E-state index in [1.807, 2.05) is 24.3 Å². The number of anilines is 1. The Kier molecular flexibility index (Phi) is 5.46. The molecule has 0 unspecified atom stereocenters. The number of rotatable bonds is 7. The molecule has 2 aromatic rings. The molecule has 112 valence electrons. The van der Waals surface area contributed by atoms with Crippen LogP contribution in [0.5, 0.6) is 11.5 Å². The molecule has 0 fully saturated rings. The van der Waals surface area contributed by atoms with E-state index in [0.29, 0.717) is 13.2 Å². The Morgan fingerprint density at radius 1 is 0.952 bits per heavy atom. The highest BCUT2D eigenvalue weighted by Crippen LogP contribution is 2.17. The largest absolute Gasteiger partial charge is 0.497 e. The van der Waals surface area contributed by atoms with Crippen LogP contribution in [0.25, 0.3) is 0 Å². The minimum Gasteiger partial charge on any atom is -0.497 e. The fourth-order valence-electron chi connectivity index (χ4n) is 1.99. The first-order valence-electron chi connectivity index (χ1n) is 7.00. The van der Waals surface area contributed by atoms with Gasteiger partial charge in [-0.2, -0.15) is 0 Å². The Labute approximate surface area is 126 Å². The summed E-state index contributed by atoms with van der Waals surface area (Å²) in [6, 6.07) is 15.9. The lowest BCUT2D eigenvalue weighted by Gasteiger charge is -2.19. The van der Waals surface area contributed by atoms with Gasteiger partial charge in [0.1, 0.15) is 18.1 Å². The normalized spacial score (nSPS) is 10.2. The van der Waals surface area contributed by atoms with Crippen LogP contribution in [-0.4, -0.2) is 27.3 Å². The van der Waals surface area contributed by atoms with Crippen molar-refractivity contribution in [2.45, 2.75) is 6.54 Å². The molecule has 0 aromatic heterocycles. The first-order chi connectivity index (χ1) is 10.2. The molecular formula is C17H22N2O2. The Morgan fingerprint density at radius 2 is 1.57 bits per heavy atom. The molecule has 0 spiro atoms. The van der Waals surface area contributed by atoms with Crippen LogP contribution in [0, 0.1) is 0 Å². The highest BCUT2D eigenvalue weighted by Gasteiger charge is 2.01. The van der Waals surface area contributed by atoms with Crippen LogP contribution in [-0.2, 0) is 6.54 Å². The average Bonchev–Trinajstić information content (AvgIpc) is 2.55. The van der Waals surface area contributed by atoms with Gasteiger partial charge < -0.3 is 20.1 Å². The van der Waals surface area contributed by atoms with Gasteiger partial charge in [-0.1, -0.05) is 12.1 Å². The number of ether oxygens (including phenoxy) is 2. The second-order valence-corrected chi connectivity index (χ2v) is 4.82. The lowest BCUT2D eigenvalue weighted by atomic mass is 10.2. The fourth-order valence-corrected chi connectivity index (χ4v) is 1.99. The van der Waals surface area contributed by atoms with Crippen LogP contribution in [0.2, 0.25) is 0 Å². The van der Waals surface area contributed by atoms with Gasteiger partial charge in [-0.15, -0.1) is 0 Å². The second-order valence-electron chi connectivity index (χ2n) is 4.82. The fraction of sp³-hybridized carbons (Fsp3) is 0.294. The molecule has 0 radical (unpaired) electrons. The summed E-state index contributed by atoms with van der Waals surface area (Å²) in [5, 5.41) is 0. The second kappa shape index (κ2) is 7.55. The van der Waals surface area contributed by atoms with Crippen LogP contribution < -0.4 is 20.1 Å². The number of methoxy groups -OCH3 is 1. The zero-order chi connectivity index (χ0) is 15.1. The van der Waals surface area contributed by atoms with Gasteiger partial charge in [-0.3, -0.25) is 0 Å². The van der Waals surface area contributed by atoms with Crippen molar-refractivity contribution in [3.63, 3.8) is 0 Å². The van der Waals surface area contributed by atoms with E-state index in [9.17, 15) is 0 Å². The number of likely N-dealkylation sites (N-methyl/N-ethyl adjacent to an activating group) is 1. The lowest BCUT2D eigenvalue weighted by Crippen LogP contribution is -2.23. The van der Waals surface area contributed by atoms with E-state index < -0.39 is 0 Å². The number of hydrogen-bond donors (Lipinski definition) is 1. The topological polar surface area (TPSA) is 47.7 Å². The van der Waals surface area contributed by atoms with E-state index >= 15 is 0 Å². The molecule has 0 amide bonds. The third kappa shape index (κ3) is 4.39. The summed E-state index contributed by atoms with van der Waals surface area (Å²) in [4.78, 5) is 2.16. The van der Waals surface area contributed by atoms with Crippen molar-refractivity contribution >= 4 is 5.69 Å². The monoisotopic (exact) mass is 286 g/mol. The summed E-state index contributed by atoms with van der Waals surface area (Å²) < 4.78 is 10.8. The summed E-state index contributed by atoms with van der Waals surface area (Å²) in [5.74, 6) is 1.68. The molecule has 4 heteroatoms.